The highest BCUT2D eigenvalue weighted by molar-refractivity contribution is 5.93. The number of carbonyl (C=O) groups excluding carboxylic acids is 1. The van der Waals surface area contributed by atoms with Crippen LogP contribution < -0.4 is 15.8 Å². The maximum Gasteiger partial charge on any atom is 0.228 e. The number of hydrogen-bond donors (Lipinski definition) is 2. The molecule has 1 amide bonds. The van der Waals surface area contributed by atoms with Crippen molar-refractivity contribution in [1.29, 1.82) is 0 Å². The Labute approximate surface area is 114 Å². The van der Waals surface area contributed by atoms with Crippen LogP contribution in [0.5, 0.6) is 5.75 Å². The Hall–Kier alpha value is -2.23. The molecule has 1 rings (SSSR count). The third-order valence-corrected chi connectivity index (χ3v) is 2.77. The number of carbonyl (C=O) groups is 1. The molecule has 0 spiro atoms. The number of nitrogen functional groups attached to an aromatic ring is 1. The van der Waals surface area contributed by atoms with Crippen LogP contribution in [-0.2, 0) is 4.79 Å². The zero-order valence-corrected chi connectivity index (χ0v) is 11.2. The molecule has 0 aliphatic rings. The topological polar surface area (TPSA) is 64.3 Å². The highest BCUT2D eigenvalue weighted by atomic mass is 16.5. The van der Waals surface area contributed by atoms with Crippen molar-refractivity contribution in [2.45, 2.75) is 12.8 Å². The van der Waals surface area contributed by atoms with Gasteiger partial charge in [-0.3, -0.25) is 4.79 Å². The predicted molar refractivity (Wildman–Crippen MR) is 79.2 cm³/mol. The first-order valence-electron chi connectivity index (χ1n) is 6.08. The zero-order valence-electron chi connectivity index (χ0n) is 11.2. The summed E-state index contributed by atoms with van der Waals surface area (Å²) in [6.07, 6.45) is 4.69. The molecule has 4 heteroatoms. The molecule has 4 nitrogen and oxygen atoms in total. The van der Waals surface area contributed by atoms with Crippen LogP contribution >= 0.6 is 0 Å². The minimum atomic E-state index is -0.154. The van der Waals surface area contributed by atoms with Gasteiger partial charge in [-0.2, -0.15) is 0 Å². The lowest BCUT2D eigenvalue weighted by atomic mass is 10.0. The second kappa shape index (κ2) is 7.26. The van der Waals surface area contributed by atoms with E-state index in [4.69, 9.17) is 10.5 Å². The van der Waals surface area contributed by atoms with Gasteiger partial charge in [0.2, 0.25) is 5.91 Å². The number of benzene rings is 1. The van der Waals surface area contributed by atoms with Gasteiger partial charge in [-0.1, -0.05) is 12.2 Å². The molecule has 0 saturated carbocycles. The van der Waals surface area contributed by atoms with E-state index in [1.54, 1.807) is 37.5 Å². The first kappa shape index (κ1) is 14.8. The Balaban J connectivity index is 2.77. The Bertz CT molecular complexity index is 459. The van der Waals surface area contributed by atoms with Crippen LogP contribution in [0.2, 0.25) is 0 Å². The molecule has 1 aromatic carbocycles. The van der Waals surface area contributed by atoms with Crippen LogP contribution in [0.1, 0.15) is 12.8 Å². The molecule has 0 saturated heterocycles. The van der Waals surface area contributed by atoms with E-state index in [2.05, 4.69) is 18.5 Å². The van der Waals surface area contributed by atoms with Crippen molar-refractivity contribution < 1.29 is 9.53 Å². The zero-order chi connectivity index (χ0) is 14.3. The van der Waals surface area contributed by atoms with Crippen molar-refractivity contribution in [2.24, 2.45) is 5.92 Å². The van der Waals surface area contributed by atoms with Gasteiger partial charge in [-0.15, -0.1) is 13.2 Å². The quantitative estimate of drug-likeness (QED) is 0.585. The molecule has 0 atom stereocenters. The fourth-order valence-electron chi connectivity index (χ4n) is 1.77. The number of hydrogen-bond acceptors (Lipinski definition) is 3. The molecule has 19 heavy (non-hydrogen) atoms. The Kier molecular flexibility index (Phi) is 5.67. The molecule has 0 fully saturated rings. The number of anilines is 2. The summed E-state index contributed by atoms with van der Waals surface area (Å²) in [6, 6.07) is 5.16. The van der Waals surface area contributed by atoms with E-state index < -0.39 is 0 Å². The van der Waals surface area contributed by atoms with Crippen molar-refractivity contribution in [2.75, 3.05) is 18.2 Å². The SMILES string of the molecule is C=CCC(CC=C)C(=O)Nc1ccc(OC)c(N)c1. The normalized spacial score (nSPS) is 10.0. The van der Waals surface area contributed by atoms with Crippen molar-refractivity contribution in [3.05, 3.63) is 43.5 Å². The molecule has 3 N–H and O–H groups in total. The van der Waals surface area contributed by atoms with Crippen LogP contribution in [0, 0.1) is 5.92 Å². The van der Waals surface area contributed by atoms with Gasteiger partial charge in [0.05, 0.1) is 12.8 Å². The molecule has 0 aliphatic carbocycles. The lowest BCUT2D eigenvalue weighted by Gasteiger charge is -2.14. The summed E-state index contributed by atoms with van der Waals surface area (Å²) in [5.41, 5.74) is 6.94. The molecule has 1 aromatic rings. The highest BCUT2D eigenvalue weighted by Gasteiger charge is 2.15. The number of nitrogens with one attached hydrogen (secondary N) is 1. The van der Waals surface area contributed by atoms with Crippen LogP contribution in [0.3, 0.4) is 0 Å². The number of methoxy groups -OCH3 is 1. The lowest BCUT2D eigenvalue weighted by Crippen LogP contribution is -2.22. The van der Waals surface area contributed by atoms with Gasteiger partial charge in [0.1, 0.15) is 5.75 Å². The average Bonchev–Trinajstić information content (AvgIpc) is 2.38. The van der Waals surface area contributed by atoms with Gasteiger partial charge in [0.15, 0.2) is 0 Å². The average molecular weight is 260 g/mol. The van der Waals surface area contributed by atoms with Gasteiger partial charge in [0, 0.05) is 11.6 Å². The van der Waals surface area contributed by atoms with Gasteiger partial charge >= 0.3 is 0 Å². The highest BCUT2D eigenvalue weighted by Crippen LogP contribution is 2.25. The third-order valence-electron chi connectivity index (χ3n) is 2.77. The van der Waals surface area contributed by atoms with Crippen molar-refractivity contribution in [3.63, 3.8) is 0 Å². The summed E-state index contributed by atoms with van der Waals surface area (Å²) in [5, 5.41) is 2.83. The smallest absolute Gasteiger partial charge is 0.228 e. The van der Waals surface area contributed by atoms with E-state index in [1.807, 2.05) is 0 Å². The van der Waals surface area contributed by atoms with E-state index in [0.717, 1.165) is 0 Å². The van der Waals surface area contributed by atoms with E-state index in [0.29, 0.717) is 30.0 Å². The Morgan fingerprint density at radius 2 is 2.05 bits per heavy atom. The fourth-order valence-corrected chi connectivity index (χ4v) is 1.77. The van der Waals surface area contributed by atoms with Crippen LogP contribution in [0.15, 0.2) is 43.5 Å². The molecule has 0 heterocycles. The standard InChI is InChI=1S/C15H20N2O2/c1-4-6-11(7-5-2)15(18)17-12-8-9-14(19-3)13(16)10-12/h4-5,8-11H,1-2,6-7,16H2,3H3,(H,17,18). The number of amides is 1. The molecule has 0 aromatic heterocycles. The summed E-state index contributed by atoms with van der Waals surface area (Å²) in [6.45, 7) is 7.32. The van der Waals surface area contributed by atoms with Crippen LogP contribution in [0.25, 0.3) is 0 Å². The van der Waals surface area contributed by atoms with Crippen molar-refractivity contribution in [1.82, 2.24) is 0 Å². The van der Waals surface area contributed by atoms with E-state index in [1.165, 1.54) is 0 Å². The summed E-state index contributed by atoms with van der Waals surface area (Å²) in [4.78, 5) is 12.1. The number of nitrogens with two attached hydrogens (primary N) is 1. The second-order valence-electron chi connectivity index (χ2n) is 4.19. The summed E-state index contributed by atoms with van der Waals surface area (Å²) in [7, 11) is 1.55. The first-order chi connectivity index (χ1) is 9.12. The monoisotopic (exact) mass is 260 g/mol. The minimum Gasteiger partial charge on any atom is -0.495 e. The van der Waals surface area contributed by atoms with Gasteiger partial charge in [-0.25, -0.2) is 0 Å². The molecular weight excluding hydrogens is 240 g/mol. The second-order valence-corrected chi connectivity index (χ2v) is 4.19. The largest absolute Gasteiger partial charge is 0.495 e. The van der Waals surface area contributed by atoms with Gasteiger partial charge < -0.3 is 15.8 Å². The maximum absolute atomic E-state index is 12.1. The minimum absolute atomic E-state index is 0.0654. The van der Waals surface area contributed by atoms with Crippen molar-refractivity contribution in [3.8, 4) is 5.75 Å². The molecule has 0 radical (unpaired) electrons. The number of rotatable bonds is 7. The Morgan fingerprint density at radius 3 is 2.53 bits per heavy atom. The van der Waals surface area contributed by atoms with E-state index in [-0.39, 0.29) is 11.8 Å². The number of allylic oxidation sites excluding steroid dienone is 2. The maximum atomic E-state index is 12.1. The molecular formula is C15H20N2O2. The van der Waals surface area contributed by atoms with Gasteiger partial charge in [0.25, 0.3) is 0 Å². The Morgan fingerprint density at radius 1 is 1.42 bits per heavy atom. The molecule has 0 aliphatic heterocycles. The molecule has 102 valence electrons. The number of ether oxygens (including phenoxy) is 1. The van der Waals surface area contributed by atoms with E-state index in [9.17, 15) is 4.79 Å². The predicted octanol–water partition coefficient (Wildman–Crippen LogP) is 2.98. The van der Waals surface area contributed by atoms with Crippen LogP contribution in [0.4, 0.5) is 11.4 Å². The third kappa shape index (κ3) is 4.17. The summed E-state index contributed by atoms with van der Waals surface area (Å²) < 4.78 is 5.07. The lowest BCUT2D eigenvalue weighted by molar-refractivity contribution is -0.119. The fraction of sp³-hybridized carbons (Fsp3) is 0.267. The van der Waals surface area contributed by atoms with Gasteiger partial charge in [-0.05, 0) is 31.0 Å². The van der Waals surface area contributed by atoms with E-state index >= 15 is 0 Å². The molecule has 0 bridgehead atoms. The molecule has 0 unspecified atom stereocenters. The summed E-state index contributed by atoms with van der Waals surface area (Å²) in [5.74, 6) is 0.370. The summed E-state index contributed by atoms with van der Waals surface area (Å²) >= 11 is 0. The van der Waals surface area contributed by atoms with Crippen LogP contribution in [-0.4, -0.2) is 13.0 Å². The first-order valence-corrected chi connectivity index (χ1v) is 6.08. The van der Waals surface area contributed by atoms with Crippen molar-refractivity contribution >= 4 is 17.3 Å².